The summed E-state index contributed by atoms with van der Waals surface area (Å²) in [6, 6.07) is 57.9. The molecule has 0 saturated heterocycles. The van der Waals surface area contributed by atoms with Crippen molar-refractivity contribution in [3.8, 4) is 55.9 Å². The lowest BCUT2D eigenvalue weighted by molar-refractivity contribution is 0.658. The third-order valence-corrected chi connectivity index (χ3v) is 11.7. The highest BCUT2D eigenvalue weighted by Gasteiger charge is 2.38. The number of fused-ring (bicyclic) bond motifs is 4. The van der Waals surface area contributed by atoms with Crippen LogP contribution in [0.3, 0.4) is 0 Å². The molecule has 0 bridgehead atoms. The first-order valence-electron chi connectivity index (χ1n) is 18.4. The van der Waals surface area contributed by atoms with Crippen molar-refractivity contribution in [1.82, 2.24) is 9.97 Å². The van der Waals surface area contributed by atoms with Crippen LogP contribution >= 0.6 is 0 Å². The van der Waals surface area contributed by atoms with Crippen molar-refractivity contribution < 1.29 is 0 Å². The monoisotopic (exact) mass is 674 g/mol. The van der Waals surface area contributed by atoms with Crippen LogP contribution in [0.5, 0.6) is 0 Å². The molecule has 0 unspecified atom stereocenters. The molecule has 0 atom stereocenters. The van der Waals surface area contributed by atoms with E-state index in [1.165, 1.54) is 82.0 Å². The third-order valence-electron chi connectivity index (χ3n) is 11.7. The molecule has 2 nitrogen and oxygen atoms in total. The summed E-state index contributed by atoms with van der Waals surface area (Å²) in [5.41, 5.74) is 13.6. The summed E-state index contributed by atoms with van der Waals surface area (Å²) >= 11 is 0. The first-order chi connectivity index (χ1) is 26.0. The molecule has 2 heteroatoms. The Kier molecular flexibility index (Phi) is 6.33. The zero-order chi connectivity index (χ0) is 35.3. The molecule has 8 aromatic carbocycles. The lowest BCUT2D eigenvalue weighted by Gasteiger charge is -2.22. The number of rotatable bonds is 4. The Morgan fingerprint density at radius 2 is 0.849 bits per heavy atom. The zero-order valence-electron chi connectivity index (χ0n) is 29.6. The number of hydrogen-bond donors (Lipinski definition) is 0. The van der Waals surface area contributed by atoms with Crippen molar-refractivity contribution in [3.63, 3.8) is 0 Å². The van der Waals surface area contributed by atoms with Crippen molar-refractivity contribution in [3.05, 3.63) is 181 Å². The average Bonchev–Trinajstić information content (AvgIpc) is 3.44. The highest BCUT2D eigenvalue weighted by Crippen LogP contribution is 2.49. The molecular weight excluding hydrogens is 641 g/mol. The molecule has 248 valence electrons. The second-order valence-electron chi connectivity index (χ2n) is 15.1. The van der Waals surface area contributed by atoms with Crippen molar-refractivity contribution >= 4 is 43.1 Å². The van der Waals surface area contributed by atoms with Gasteiger partial charge in [-0.05, 0) is 118 Å². The Balaban J connectivity index is 0.949. The molecule has 2 aromatic heterocycles. The van der Waals surface area contributed by atoms with E-state index in [4.69, 9.17) is 9.97 Å². The molecule has 0 aliphatic heterocycles. The van der Waals surface area contributed by atoms with E-state index in [0.717, 1.165) is 28.1 Å². The highest BCUT2D eigenvalue weighted by molar-refractivity contribution is 6.25. The number of pyridine rings is 2. The van der Waals surface area contributed by atoms with Gasteiger partial charge in [0.25, 0.3) is 0 Å². The maximum Gasteiger partial charge on any atom is 0.0930 e. The molecule has 0 N–H and O–H groups in total. The predicted molar refractivity (Wildman–Crippen MR) is 223 cm³/mol. The summed E-state index contributed by atoms with van der Waals surface area (Å²) in [6.07, 6.45) is 4.02. The molecule has 0 fully saturated rings. The minimum absolute atomic E-state index is 0.236. The Morgan fingerprint density at radius 1 is 0.358 bits per heavy atom. The maximum atomic E-state index is 5.07. The summed E-state index contributed by atoms with van der Waals surface area (Å²) < 4.78 is 0. The summed E-state index contributed by atoms with van der Waals surface area (Å²) in [6.45, 7) is 4.60. The summed E-state index contributed by atoms with van der Waals surface area (Å²) in [5, 5.41) is 10.3. The standard InChI is InChI=1S/C51H34N2/c1-51(2)45-27-41(29-52-49(45)50-46(51)28-42(30-53-50)39-19-16-31-8-3-4-9-35(31)24-39)38-14-6-12-36(25-38)37-13-7-15-40(26-37)43-22-20-34-18-17-32-10-5-11-33-21-23-44(43)48(34)47(32)33/h3-30H,1-2H3. The Morgan fingerprint density at radius 3 is 1.55 bits per heavy atom. The van der Waals surface area contributed by atoms with Crippen molar-refractivity contribution in [2.45, 2.75) is 19.3 Å². The van der Waals surface area contributed by atoms with Gasteiger partial charge in [0, 0.05) is 28.9 Å². The van der Waals surface area contributed by atoms with Crippen LogP contribution in [0.25, 0.3) is 99.0 Å². The first-order valence-corrected chi connectivity index (χ1v) is 18.4. The van der Waals surface area contributed by atoms with Gasteiger partial charge in [-0.1, -0.05) is 141 Å². The molecule has 11 rings (SSSR count). The number of nitrogens with zero attached hydrogens (tertiary/aromatic N) is 2. The van der Waals surface area contributed by atoms with E-state index < -0.39 is 0 Å². The molecule has 53 heavy (non-hydrogen) atoms. The summed E-state index contributed by atoms with van der Waals surface area (Å²) in [4.78, 5) is 10.1. The third kappa shape index (κ3) is 4.59. The number of hydrogen-bond acceptors (Lipinski definition) is 2. The van der Waals surface area contributed by atoms with Gasteiger partial charge >= 0.3 is 0 Å². The minimum Gasteiger partial charge on any atom is -0.254 e. The maximum absolute atomic E-state index is 5.07. The largest absolute Gasteiger partial charge is 0.254 e. The SMILES string of the molecule is CC1(C)c2cc(-c3cccc(-c4cccc(-c5ccc6ccc7cccc8ccc5c6c78)c4)c3)cnc2-c2ncc(-c3ccc4ccccc4c3)cc21. The van der Waals surface area contributed by atoms with Crippen LogP contribution in [0.1, 0.15) is 25.0 Å². The average molecular weight is 675 g/mol. The first kappa shape index (κ1) is 30.0. The van der Waals surface area contributed by atoms with Crippen LogP contribution in [0.4, 0.5) is 0 Å². The summed E-state index contributed by atoms with van der Waals surface area (Å²) in [7, 11) is 0. The van der Waals surface area contributed by atoms with E-state index in [9.17, 15) is 0 Å². The van der Waals surface area contributed by atoms with Crippen LogP contribution in [-0.4, -0.2) is 9.97 Å². The van der Waals surface area contributed by atoms with Gasteiger partial charge in [0.05, 0.1) is 11.4 Å². The van der Waals surface area contributed by atoms with Crippen LogP contribution in [-0.2, 0) is 5.41 Å². The lowest BCUT2D eigenvalue weighted by atomic mass is 9.81. The van der Waals surface area contributed by atoms with E-state index in [-0.39, 0.29) is 5.41 Å². The van der Waals surface area contributed by atoms with Gasteiger partial charge in [-0.25, -0.2) is 0 Å². The Hall–Kier alpha value is -6.64. The smallest absolute Gasteiger partial charge is 0.0930 e. The van der Waals surface area contributed by atoms with Crippen LogP contribution in [0.15, 0.2) is 170 Å². The van der Waals surface area contributed by atoms with Crippen LogP contribution in [0.2, 0.25) is 0 Å². The molecular formula is C51H34N2. The van der Waals surface area contributed by atoms with Crippen molar-refractivity contribution in [2.24, 2.45) is 0 Å². The fraction of sp³-hybridized carbons (Fsp3) is 0.0588. The predicted octanol–water partition coefficient (Wildman–Crippen LogP) is 13.5. The molecule has 0 radical (unpaired) electrons. The molecule has 0 spiro atoms. The van der Waals surface area contributed by atoms with E-state index in [1.54, 1.807) is 0 Å². The van der Waals surface area contributed by atoms with Gasteiger partial charge in [-0.3, -0.25) is 9.97 Å². The molecule has 2 heterocycles. The van der Waals surface area contributed by atoms with Gasteiger partial charge in [-0.2, -0.15) is 0 Å². The quantitative estimate of drug-likeness (QED) is 0.174. The topological polar surface area (TPSA) is 25.8 Å². The van der Waals surface area contributed by atoms with Crippen molar-refractivity contribution in [1.29, 1.82) is 0 Å². The molecule has 1 aliphatic rings. The van der Waals surface area contributed by atoms with Crippen LogP contribution in [0, 0.1) is 0 Å². The van der Waals surface area contributed by atoms with E-state index >= 15 is 0 Å². The Bertz CT molecular complexity index is 3080. The fourth-order valence-electron chi connectivity index (χ4n) is 8.82. The van der Waals surface area contributed by atoms with Gasteiger partial charge in [0.15, 0.2) is 0 Å². The van der Waals surface area contributed by atoms with Crippen LogP contribution < -0.4 is 0 Å². The van der Waals surface area contributed by atoms with Gasteiger partial charge in [0.1, 0.15) is 0 Å². The fourth-order valence-corrected chi connectivity index (χ4v) is 8.82. The molecule has 0 saturated carbocycles. The second kappa shape index (κ2) is 11.2. The highest BCUT2D eigenvalue weighted by atomic mass is 14.8. The van der Waals surface area contributed by atoms with Gasteiger partial charge < -0.3 is 0 Å². The normalized spacial score (nSPS) is 13.2. The van der Waals surface area contributed by atoms with Crippen molar-refractivity contribution in [2.75, 3.05) is 0 Å². The lowest BCUT2D eigenvalue weighted by Crippen LogP contribution is -2.15. The molecule has 1 aliphatic carbocycles. The number of benzene rings is 8. The minimum atomic E-state index is -0.236. The second-order valence-corrected chi connectivity index (χ2v) is 15.1. The Labute approximate surface area is 308 Å². The zero-order valence-corrected chi connectivity index (χ0v) is 29.6. The molecule has 0 amide bonds. The number of aromatic nitrogens is 2. The summed E-state index contributed by atoms with van der Waals surface area (Å²) in [5.74, 6) is 0. The van der Waals surface area contributed by atoms with Gasteiger partial charge in [-0.15, -0.1) is 0 Å². The van der Waals surface area contributed by atoms with E-state index in [1.807, 2.05) is 12.4 Å². The van der Waals surface area contributed by atoms with E-state index in [2.05, 4.69) is 172 Å². The van der Waals surface area contributed by atoms with E-state index in [0.29, 0.717) is 0 Å². The molecule has 10 aromatic rings. The van der Waals surface area contributed by atoms with Gasteiger partial charge in [0.2, 0.25) is 0 Å².